The van der Waals surface area contributed by atoms with Crippen molar-refractivity contribution in [1.29, 1.82) is 0 Å². The van der Waals surface area contributed by atoms with Crippen molar-refractivity contribution in [3.05, 3.63) is 23.3 Å². The fourth-order valence-electron chi connectivity index (χ4n) is 6.79. The average Bonchev–Trinajstić information content (AvgIpc) is 2.82. The minimum Gasteiger partial charge on any atom is -0.390 e. The maximum Gasteiger partial charge on any atom is 0.0657 e. The van der Waals surface area contributed by atoms with Crippen LogP contribution >= 0.6 is 0 Å². The zero-order chi connectivity index (χ0) is 15.5. The van der Waals surface area contributed by atoms with Gasteiger partial charge in [0.25, 0.3) is 0 Å². The Morgan fingerprint density at radius 3 is 2.73 bits per heavy atom. The molecule has 1 N–H and O–H groups in total. The molecule has 0 aromatic carbocycles. The monoisotopic (exact) mass is 300 g/mol. The summed E-state index contributed by atoms with van der Waals surface area (Å²) in [4.78, 5) is 0. The molecule has 22 heavy (non-hydrogen) atoms. The van der Waals surface area contributed by atoms with Crippen molar-refractivity contribution in [2.45, 2.75) is 77.7 Å². The molecule has 0 spiro atoms. The second kappa shape index (κ2) is 4.97. The Balaban J connectivity index is 1.63. The first-order chi connectivity index (χ1) is 10.4. The standard InChI is InChI=1S/C21H32O/c1-4-15-6-8-19-18-7-5-14-13-20(2,22)11-9-16(14)17(18)10-12-21(15,19)3/h4-5,16-19,22H,6-13H2,1-3H3/b15-4-/t16-,17+,18?,19-,20-,21+/m0/s1. The van der Waals surface area contributed by atoms with E-state index in [9.17, 15) is 5.11 Å². The summed E-state index contributed by atoms with van der Waals surface area (Å²) in [5.41, 5.74) is 3.41. The van der Waals surface area contributed by atoms with Gasteiger partial charge in [0.2, 0.25) is 0 Å². The third kappa shape index (κ3) is 2.08. The molecule has 4 aliphatic rings. The molecule has 0 radical (unpaired) electrons. The molecule has 0 amide bonds. The number of hydrogen-bond donors (Lipinski definition) is 1. The first-order valence-corrected chi connectivity index (χ1v) is 9.51. The van der Waals surface area contributed by atoms with Gasteiger partial charge in [-0.15, -0.1) is 0 Å². The van der Waals surface area contributed by atoms with Crippen LogP contribution in [0.25, 0.3) is 0 Å². The highest BCUT2D eigenvalue weighted by atomic mass is 16.3. The van der Waals surface area contributed by atoms with Crippen LogP contribution in [0, 0.1) is 29.1 Å². The van der Waals surface area contributed by atoms with E-state index in [4.69, 9.17) is 0 Å². The van der Waals surface area contributed by atoms with Gasteiger partial charge in [-0.3, -0.25) is 0 Å². The lowest BCUT2D eigenvalue weighted by Crippen LogP contribution is -2.46. The molecular weight excluding hydrogens is 268 g/mol. The van der Waals surface area contributed by atoms with Gasteiger partial charge in [0.05, 0.1) is 5.60 Å². The maximum absolute atomic E-state index is 10.4. The predicted octanol–water partition coefficient (Wildman–Crippen LogP) is 5.26. The molecule has 0 aromatic heterocycles. The van der Waals surface area contributed by atoms with Crippen molar-refractivity contribution in [1.82, 2.24) is 0 Å². The zero-order valence-electron chi connectivity index (χ0n) is 14.6. The normalized spacial score (nSPS) is 52.7. The van der Waals surface area contributed by atoms with Gasteiger partial charge in [-0.25, -0.2) is 0 Å². The van der Waals surface area contributed by atoms with Crippen molar-refractivity contribution in [2.75, 3.05) is 0 Å². The summed E-state index contributed by atoms with van der Waals surface area (Å²) in [6, 6.07) is 0. The minimum atomic E-state index is -0.441. The molecule has 0 saturated heterocycles. The zero-order valence-corrected chi connectivity index (χ0v) is 14.6. The second-order valence-electron chi connectivity index (χ2n) is 9.08. The molecule has 4 aliphatic carbocycles. The first-order valence-electron chi connectivity index (χ1n) is 9.51. The van der Waals surface area contributed by atoms with Crippen LogP contribution < -0.4 is 0 Å². The molecule has 6 atom stereocenters. The highest BCUT2D eigenvalue weighted by Gasteiger charge is 2.54. The van der Waals surface area contributed by atoms with E-state index in [2.05, 4.69) is 26.0 Å². The van der Waals surface area contributed by atoms with Crippen molar-refractivity contribution in [2.24, 2.45) is 29.1 Å². The SMILES string of the molecule is C/C=C1/CC[C@H]2C3CC=C4C[C@@](C)(O)CC[C@@H]4[C@H]3CC[C@]12C. The Bertz CT molecular complexity index is 526. The minimum absolute atomic E-state index is 0.441. The van der Waals surface area contributed by atoms with Crippen LogP contribution in [0.5, 0.6) is 0 Å². The molecule has 0 aromatic rings. The predicted molar refractivity (Wildman–Crippen MR) is 91.5 cm³/mol. The number of rotatable bonds is 0. The number of hydrogen-bond acceptors (Lipinski definition) is 1. The summed E-state index contributed by atoms with van der Waals surface area (Å²) in [7, 11) is 0. The first kappa shape index (κ1) is 15.0. The number of fused-ring (bicyclic) bond motifs is 5. The van der Waals surface area contributed by atoms with E-state index < -0.39 is 5.60 Å². The number of allylic oxidation sites excluding steroid dienone is 3. The Kier molecular flexibility index (Phi) is 3.39. The van der Waals surface area contributed by atoms with E-state index in [1.807, 2.05) is 6.92 Å². The average molecular weight is 300 g/mol. The summed E-state index contributed by atoms with van der Waals surface area (Å²) in [6.07, 6.45) is 15.0. The van der Waals surface area contributed by atoms with E-state index in [0.29, 0.717) is 5.41 Å². The van der Waals surface area contributed by atoms with Crippen LogP contribution in [0.4, 0.5) is 0 Å². The van der Waals surface area contributed by atoms with Crippen LogP contribution in [-0.4, -0.2) is 10.7 Å². The van der Waals surface area contributed by atoms with Crippen LogP contribution in [-0.2, 0) is 0 Å². The van der Waals surface area contributed by atoms with Gasteiger partial charge >= 0.3 is 0 Å². The molecule has 4 rings (SSSR count). The third-order valence-electron chi connectivity index (χ3n) is 7.91. The lowest BCUT2D eigenvalue weighted by molar-refractivity contribution is -0.0142. The fraction of sp³-hybridized carbons (Fsp3) is 0.810. The van der Waals surface area contributed by atoms with Gasteiger partial charge in [0, 0.05) is 0 Å². The lowest BCUT2D eigenvalue weighted by Gasteiger charge is -2.53. The summed E-state index contributed by atoms with van der Waals surface area (Å²) < 4.78 is 0. The molecule has 3 fully saturated rings. The van der Waals surface area contributed by atoms with Gasteiger partial charge in [-0.05, 0) is 94.3 Å². The van der Waals surface area contributed by atoms with Crippen molar-refractivity contribution >= 4 is 0 Å². The third-order valence-corrected chi connectivity index (χ3v) is 7.91. The lowest BCUT2D eigenvalue weighted by atomic mass is 9.52. The molecule has 3 saturated carbocycles. The summed E-state index contributed by atoms with van der Waals surface area (Å²) in [5, 5.41) is 10.4. The molecule has 0 aliphatic heterocycles. The van der Waals surface area contributed by atoms with Crippen LogP contribution in [0.3, 0.4) is 0 Å². The molecule has 122 valence electrons. The van der Waals surface area contributed by atoms with Crippen molar-refractivity contribution < 1.29 is 5.11 Å². The van der Waals surface area contributed by atoms with E-state index in [1.165, 1.54) is 38.5 Å². The van der Waals surface area contributed by atoms with Crippen LogP contribution in [0.15, 0.2) is 23.3 Å². The molecule has 0 bridgehead atoms. The second-order valence-corrected chi connectivity index (χ2v) is 9.08. The number of aliphatic hydroxyl groups is 1. The van der Waals surface area contributed by atoms with E-state index >= 15 is 0 Å². The van der Waals surface area contributed by atoms with Gasteiger partial charge in [-0.2, -0.15) is 0 Å². The van der Waals surface area contributed by atoms with E-state index in [1.54, 1.807) is 11.1 Å². The highest BCUT2D eigenvalue weighted by Crippen LogP contribution is 2.63. The van der Waals surface area contributed by atoms with Crippen LogP contribution in [0.2, 0.25) is 0 Å². The van der Waals surface area contributed by atoms with Gasteiger partial charge in [0.1, 0.15) is 0 Å². The quantitative estimate of drug-likeness (QED) is 0.605. The topological polar surface area (TPSA) is 20.2 Å². The van der Waals surface area contributed by atoms with Gasteiger partial charge < -0.3 is 5.11 Å². The Morgan fingerprint density at radius 1 is 1.14 bits per heavy atom. The molecule has 1 heteroatoms. The molecule has 1 unspecified atom stereocenters. The summed E-state index contributed by atoms with van der Waals surface area (Å²) in [6.45, 7) is 6.83. The van der Waals surface area contributed by atoms with E-state index in [0.717, 1.165) is 36.5 Å². The largest absolute Gasteiger partial charge is 0.390 e. The molecule has 1 nitrogen and oxygen atoms in total. The molecule has 0 heterocycles. The van der Waals surface area contributed by atoms with E-state index in [-0.39, 0.29) is 0 Å². The summed E-state index contributed by atoms with van der Waals surface area (Å²) >= 11 is 0. The van der Waals surface area contributed by atoms with Crippen molar-refractivity contribution in [3.63, 3.8) is 0 Å². The Labute approximate surface area is 135 Å². The van der Waals surface area contributed by atoms with Crippen molar-refractivity contribution in [3.8, 4) is 0 Å². The highest BCUT2D eigenvalue weighted by molar-refractivity contribution is 5.26. The molecular formula is C21H32O. The van der Waals surface area contributed by atoms with Gasteiger partial charge in [-0.1, -0.05) is 30.2 Å². The summed E-state index contributed by atoms with van der Waals surface area (Å²) in [5.74, 6) is 3.52. The maximum atomic E-state index is 10.4. The smallest absolute Gasteiger partial charge is 0.0657 e. The fourth-order valence-corrected chi connectivity index (χ4v) is 6.79. The van der Waals surface area contributed by atoms with Crippen LogP contribution in [0.1, 0.15) is 72.1 Å². The Morgan fingerprint density at radius 2 is 1.95 bits per heavy atom. The van der Waals surface area contributed by atoms with Gasteiger partial charge in [0.15, 0.2) is 0 Å². The Hall–Kier alpha value is -0.560.